The van der Waals surface area contributed by atoms with Gasteiger partial charge in [0, 0.05) is 56.8 Å². The molecule has 0 saturated carbocycles. The molecule has 4 amide bonds. The lowest BCUT2D eigenvalue weighted by Crippen LogP contribution is -2.33. The summed E-state index contributed by atoms with van der Waals surface area (Å²) in [5, 5.41) is 5.91. The summed E-state index contributed by atoms with van der Waals surface area (Å²) < 4.78 is 0. The van der Waals surface area contributed by atoms with Crippen molar-refractivity contribution in [3.8, 4) is 0 Å². The Kier molecular flexibility index (Phi) is 8.21. The molecule has 2 N–H and O–H groups in total. The van der Waals surface area contributed by atoms with E-state index in [1.807, 2.05) is 4.90 Å². The summed E-state index contributed by atoms with van der Waals surface area (Å²) in [7, 11) is 0. The molecule has 34 heavy (non-hydrogen) atoms. The van der Waals surface area contributed by atoms with Gasteiger partial charge in [0.1, 0.15) is 5.25 Å². The van der Waals surface area contributed by atoms with Crippen LogP contribution in [0.5, 0.6) is 0 Å². The summed E-state index contributed by atoms with van der Waals surface area (Å²) in [6.07, 6.45) is 5.73. The molecule has 1 atom stereocenters. The number of anilines is 1. The van der Waals surface area contributed by atoms with Crippen molar-refractivity contribution in [1.82, 2.24) is 15.1 Å². The Morgan fingerprint density at radius 2 is 1.79 bits per heavy atom. The van der Waals surface area contributed by atoms with Crippen molar-refractivity contribution in [1.29, 1.82) is 0 Å². The van der Waals surface area contributed by atoms with Crippen molar-refractivity contribution in [2.45, 2.75) is 50.2 Å². The molecule has 182 valence electrons. The van der Waals surface area contributed by atoms with Crippen molar-refractivity contribution in [3.05, 3.63) is 29.8 Å². The highest BCUT2D eigenvalue weighted by molar-refractivity contribution is 8.15. The number of nitrogens with zero attached hydrogens (tertiary/aromatic N) is 3. The highest BCUT2D eigenvalue weighted by atomic mass is 32.2. The highest BCUT2D eigenvalue weighted by Crippen LogP contribution is 2.29. The van der Waals surface area contributed by atoms with E-state index >= 15 is 0 Å². The van der Waals surface area contributed by atoms with Crippen LogP contribution in [0.3, 0.4) is 0 Å². The summed E-state index contributed by atoms with van der Waals surface area (Å²) >= 11 is 1.38. The predicted octanol–water partition coefficient (Wildman–Crippen LogP) is 2.24. The molecule has 9 nitrogen and oxygen atoms in total. The quantitative estimate of drug-likeness (QED) is 0.547. The van der Waals surface area contributed by atoms with Crippen molar-refractivity contribution < 1.29 is 19.2 Å². The summed E-state index contributed by atoms with van der Waals surface area (Å²) in [6.45, 7) is 3.79. The van der Waals surface area contributed by atoms with Crippen LogP contribution in [-0.4, -0.2) is 76.6 Å². The third kappa shape index (κ3) is 6.37. The van der Waals surface area contributed by atoms with Crippen LogP contribution < -0.4 is 10.6 Å². The molecule has 3 aliphatic heterocycles. The number of hydrogen-bond acceptors (Lipinski definition) is 6. The zero-order valence-corrected chi connectivity index (χ0v) is 20.1. The Balaban J connectivity index is 1.18. The number of hydrogen-bond donors (Lipinski definition) is 2. The van der Waals surface area contributed by atoms with Gasteiger partial charge < -0.3 is 20.4 Å². The van der Waals surface area contributed by atoms with Crippen molar-refractivity contribution in [3.63, 3.8) is 0 Å². The number of rotatable bonds is 8. The minimum Gasteiger partial charge on any atom is -0.352 e. The van der Waals surface area contributed by atoms with Gasteiger partial charge in [-0.25, -0.2) is 0 Å². The molecule has 1 unspecified atom stereocenters. The molecule has 3 heterocycles. The number of amidine groups is 1. The number of likely N-dealkylation sites (tertiary alicyclic amines) is 2. The van der Waals surface area contributed by atoms with Gasteiger partial charge in [-0.05, 0) is 56.4 Å². The number of nitrogens with one attached hydrogen (secondary N) is 2. The molecule has 4 rings (SSSR count). The Bertz CT molecular complexity index is 959. The minimum atomic E-state index is -0.488. The summed E-state index contributed by atoms with van der Waals surface area (Å²) in [5.74, 6) is -0.507. The second-order valence-electron chi connectivity index (χ2n) is 8.81. The number of benzene rings is 1. The molecule has 0 aliphatic carbocycles. The standard InChI is InChI=1S/C24H31N5O4S/c30-20(16-19-23(33)27-24(34-19)29-12-2-1-3-13-29)26-18-9-7-17(8-10-18)22(32)25-11-5-15-28-14-4-6-21(28)31/h7-10,19H,1-6,11-16H2,(H,25,32)(H,26,30). The number of carbonyl (C=O) groups is 4. The number of piperidine rings is 1. The molecule has 3 aliphatic rings. The fourth-order valence-corrected chi connectivity index (χ4v) is 5.45. The van der Waals surface area contributed by atoms with Crippen LogP contribution in [0.15, 0.2) is 29.3 Å². The molecule has 2 fully saturated rings. The first-order chi connectivity index (χ1) is 16.5. The zero-order chi connectivity index (χ0) is 23.9. The Hall–Kier alpha value is -2.88. The zero-order valence-electron chi connectivity index (χ0n) is 19.3. The van der Waals surface area contributed by atoms with E-state index in [1.165, 1.54) is 18.2 Å². The number of thioether (sulfide) groups is 1. The van der Waals surface area contributed by atoms with Gasteiger partial charge in [0.05, 0.1) is 0 Å². The lowest BCUT2D eigenvalue weighted by molar-refractivity contribution is -0.127. The van der Waals surface area contributed by atoms with E-state index in [0.717, 1.165) is 44.1 Å². The Labute approximate surface area is 203 Å². The Morgan fingerprint density at radius 1 is 1.03 bits per heavy atom. The first kappa shape index (κ1) is 24.3. The maximum Gasteiger partial charge on any atom is 0.262 e. The Morgan fingerprint density at radius 3 is 2.50 bits per heavy atom. The van der Waals surface area contributed by atoms with Gasteiger partial charge in [0.15, 0.2) is 5.17 Å². The van der Waals surface area contributed by atoms with Gasteiger partial charge in [-0.15, -0.1) is 0 Å². The van der Waals surface area contributed by atoms with Crippen molar-refractivity contribution >= 4 is 46.2 Å². The molecule has 1 aromatic rings. The SMILES string of the molecule is O=C(CC1SC(N2CCCCC2)=NC1=O)Nc1ccc(C(=O)NCCCN2CCCC2=O)cc1. The summed E-state index contributed by atoms with van der Waals surface area (Å²) in [6, 6.07) is 6.66. The number of amides is 4. The van der Waals surface area contributed by atoms with E-state index in [4.69, 9.17) is 0 Å². The lowest BCUT2D eigenvalue weighted by Gasteiger charge is -2.27. The van der Waals surface area contributed by atoms with E-state index in [1.54, 1.807) is 24.3 Å². The third-order valence-corrected chi connectivity index (χ3v) is 7.43. The molecule has 2 saturated heterocycles. The van der Waals surface area contributed by atoms with E-state index in [9.17, 15) is 19.2 Å². The van der Waals surface area contributed by atoms with Crippen LogP contribution in [0.4, 0.5) is 5.69 Å². The molecule has 10 heteroatoms. The largest absolute Gasteiger partial charge is 0.352 e. The van der Waals surface area contributed by atoms with Gasteiger partial charge in [0.2, 0.25) is 11.8 Å². The molecule has 0 bridgehead atoms. The first-order valence-electron chi connectivity index (χ1n) is 12.0. The minimum absolute atomic E-state index is 0.0616. The molecule has 1 aromatic carbocycles. The monoisotopic (exact) mass is 485 g/mol. The van der Waals surface area contributed by atoms with Gasteiger partial charge >= 0.3 is 0 Å². The molecule has 0 radical (unpaired) electrons. The van der Waals surface area contributed by atoms with Crippen LogP contribution in [0, 0.1) is 0 Å². The normalized spacial score (nSPS) is 20.5. The van der Waals surface area contributed by atoms with Crippen LogP contribution in [0.2, 0.25) is 0 Å². The molecule has 0 aromatic heterocycles. The van der Waals surface area contributed by atoms with E-state index in [0.29, 0.717) is 37.2 Å². The second kappa shape index (κ2) is 11.5. The van der Waals surface area contributed by atoms with Crippen LogP contribution >= 0.6 is 11.8 Å². The average Bonchev–Trinajstić information content (AvgIpc) is 3.42. The first-order valence-corrected chi connectivity index (χ1v) is 12.9. The number of carbonyl (C=O) groups excluding carboxylic acids is 4. The highest BCUT2D eigenvalue weighted by Gasteiger charge is 2.33. The maximum atomic E-state index is 12.5. The van der Waals surface area contributed by atoms with Gasteiger partial charge in [-0.1, -0.05) is 11.8 Å². The van der Waals surface area contributed by atoms with Crippen LogP contribution in [0.25, 0.3) is 0 Å². The average molecular weight is 486 g/mol. The summed E-state index contributed by atoms with van der Waals surface area (Å²) in [4.78, 5) is 56.8. The topological polar surface area (TPSA) is 111 Å². The van der Waals surface area contributed by atoms with E-state index in [-0.39, 0.29) is 30.0 Å². The predicted molar refractivity (Wildman–Crippen MR) is 132 cm³/mol. The third-order valence-electron chi connectivity index (χ3n) is 6.22. The van der Waals surface area contributed by atoms with Gasteiger partial charge in [0.25, 0.3) is 11.8 Å². The van der Waals surface area contributed by atoms with Crippen LogP contribution in [-0.2, 0) is 14.4 Å². The maximum absolute atomic E-state index is 12.5. The van der Waals surface area contributed by atoms with E-state index in [2.05, 4.69) is 20.5 Å². The lowest BCUT2D eigenvalue weighted by atomic mass is 10.1. The summed E-state index contributed by atoms with van der Waals surface area (Å²) in [5.41, 5.74) is 1.07. The fraction of sp³-hybridized carbons (Fsp3) is 0.542. The molecule has 0 spiro atoms. The van der Waals surface area contributed by atoms with Gasteiger partial charge in [-0.3, -0.25) is 19.2 Å². The van der Waals surface area contributed by atoms with Crippen LogP contribution in [0.1, 0.15) is 55.3 Å². The van der Waals surface area contributed by atoms with Crippen molar-refractivity contribution in [2.75, 3.05) is 38.0 Å². The van der Waals surface area contributed by atoms with Crippen molar-refractivity contribution in [2.24, 2.45) is 4.99 Å². The van der Waals surface area contributed by atoms with E-state index < -0.39 is 5.25 Å². The molecular weight excluding hydrogens is 454 g/mol. The second-order valence-corrected chi connectivity index (χ2v) is 9.98. The van der Waals surface area contributed by atoms with Gasteiger partial charge in [-0.2, -0.15) is 4.99 Å². The molecular formula is C24H31N5O4S. The smallest absolute Gasteiger partial charge is 0.262 e. The fourth-order valence-electron chi connectivity index (χ4n) is 4.33. The number of aliphatic imine (C=N–C) groups is 1.